The molecular formula is C35H30F6N2O4. The Kier molecular flexibility index (Phi) is 9.62. The van der Waals surface area contributed by atoms with Gasteiger partial charge in [0, 0.05) is 18.7 Å². The summed E-state index contributed by atoms with van der Waals surface area (Å²) < 4.78 is 87.5. The van der Waals surface area contributed by atoms with Crippen LogP contribution in [0.15, 0.2) is 91.0 Å². The highest BCUT2D eigenvalue weighted by Gasteiger charge is 2.45. The molecule has 0 saturated heterocycles. The fourth-order valence-electron chi connectivity index (χ4n) is 5.78. The third-order valence-electron chi connectivity index (χ3n) is 8.10. The summed E-state index contributed by atoms with van der Waals surface area (Å²) in [5, 5.41) is 12.5. The average Bonchev–Trinajstić information content (AvgIpc) is 3.05. The van der Waals surface area contributed by atoms with Crippen molar-refractivity contribution in [2.24, 2.45) is 0 Å². The number of aliphatic hydroxyl groups is 1. The van der Waals surface area contributed by atoms with E-state index < -0.39 is 59.4 Å². The fourth-order valence-corrected chi connectivity index (χ4v) is 5.78. The number of halogens is 6. The number of carbonyl (C=O) groups excluding carboxylic acids is 2. The first-order chi connectivity index (χ1) is 22.3. The molecule has 0 radical (unpaired) electrons. The molecule has 4 aromatic carbocycles. The third-order valence-corrected chi connectivity index (χ3v) is 8.10. The average molecular weight is 657 g/mol. The summed E-state index contributed by atoms with van der Waals surface area (Å²) in [6.45, 7) is -0.741. The van der Waals surface area contributed by atoms with Gasteiger partial charge in [0.1, 0.15) is 5.75 Å². The van der Waals surface area contributed by atoms with Crippen molar-refractivity contribution in [3.63, 3.8) is 0 Å². The highest BCUT2D eigenvalue weighted by Crippen LogP contribution is 2.44. The van der Waals surface area contributed by atoms with Gasteiger partial charge in [-0.2, -0.15) is 26.3 Å². The van der Waals surface area contributed by atoms with Crippen LogP contribution in [0.3, 0.4) is 0 Å². The van der Waals surface area contributed by atoms with Crippen molar-refractivity contribution in [3.05, 3.63) is 136 Å². The van der Waals surface area contributed by atoms with Crippen LogP contribution in [0.2, 0.25) is 0 Å². The summed E-state index contributed by atoms with van der Waals surface area (Å²) in [7, 11) is 1.54. The number of alkyl halides is 6. The van der Waals surface area contributed by atoms with Crippen LogP contribution >= 0.6 is 0 Å². The number of carbonyl (C=O) groups is 2. The highest BCUT2D eigenvalue weighted by atomic mass is 19.4. The third kappa shape index (κ3) is 7.43. The molecule has 47 heavy (non-hydrogen) atoms. The van der Waals surface area contributed by atoms with E-state index >= 15 is 0 Å². The van der Waals surface area contributed by atoms with Gasteiger partial charge in [-0.3, -0.25) is 9.59 Å². The van der Waals surface area contributed by atoms with E-state index in [0.29, 0.717) is 41.0 Å². The van der Waals surface area contributed by atoms with Crippen molar-refractivity contribution in [2.75, 3.05) is 13.7 Å². The van der Waals surface area contributed by atoms with Crippen LogP contribution in [0.1, 0.15) is 61.3 Å². The molecule has 0 saturated carbocycles. The lowest BCUT2D eigenvalue weighted by Gasteiger charge is -2.42. The standard InChI is InChI=1S/C35H30F6N2O4/c1-47-27-12-8-21(9-13-27)14-15-42-32(45)30-28-4-2-3-5-29(28)33(46)43(31(30)24-10-6-22(20-44)7-11-24)19-23-16-25(34(36,37)38)18-26(17-23)35(39,40)41/h2-13,16-18,30-31,44H,14-15,19-20H2,1H3,(H,42,45)/t30-,31+/m1/s1. The lowest BCUT2D eigenvalue weighted by Crippen LogP contribution is -2.47. The van der Waals surface area contributed by atoms with Gasteiger partial charge in [-0.25, -0.2) is 0 Å². The minimum absolute atomic E-state index is 0.0288. The molecule has 6 nitrogen and oxygen atoms in total. The number of methoxy groups -OCH3 is 1. The minimum atomic E-state index is -5.08. The zero-order valence-corrected chi connectivity index (χ0v) is 25.0. The Morgan fingerprint density at radius 2 is 1.43 bits per heavy atom. The summed E-state index contributed by atoms with van der Waals surface area (Å²) in [5.41, 5.74) is -1.11. The largest absolute Gasteiger partial charge is 0.497 e. The van der Waals surface area contributed by atoms with Gasteiger partial charge in [0.15, 0.2) is 0 Å². The van der Waals surface area contributed by atoms with Crippen LogP contribution in [-0.4, -0.2) is 35.5 Å². The van der Waals surface area contributed by atoms with Crippen molar-refractivity contribution in [1.82, 2.24) is 10.2 Å². The lowest BCUT2D eigenvalue weighted by molar-refractivity contribution is -0.143. The number of hydrogen-bond acceptors (Lipinski definition) is 4. The second-order valence-corrected chi connectivity index (χ2v) is 11.1. The molecule has 2 atom stereocenters. The molecule has 246 valence electrons. The molecule has 0 aromatic heterocycles. The molecule has 0 bridgehead atoms. The first-order valence-electron chi connectivity index (χ1n) is 14.6. The van der Waals surface area contributed by atoms with E-state index in [1.54, 1.807) is 61.7 Å². The molecule has 4 aromatic rings. The maximum atomic E-state index is 14.0. The normalized spacial score (nSPS) is 16.5. The van der Waals surface area contributed by atoms with Gasteiger partial charge in [0.2, 0.25) is 5.91 Å². The van der Waals surface area contributed by atoms with Crippen LogP contribution < -0.4 is 10.1 Å². The van der Waals surface area contributed by atoms with Gasteiger partial charge >= 0.3 is 12.4 Å². The SMILES string of the molecule is COc1ccc(CCNC(=O)[C@@H]2c3ccccc3C(=O)N(Cc3cc(C(F)(F)F)cc(C(F)(F)F)c3)[C@H]2c2ccc(CO)cc2)cc1. The number of hydrogen-bond donors (Lipinski definition) is 2. The quantitative estimate of drug-likeness (QED) is 0.189. The lowest BCUT2D eigenvalue weighted by atomic mass is 9.78. The molecule has 12 heteroatoms. The van der Waals surface area contributed by atoms with Crippen LogP contribution in [0, 0.1) is 0 Å². The molecule has 2 N–H and O–H groups in total. The zero-order valence-electron chi connectivity index (χ0n) is 25.0. The maximum absolute atomic E-state index is 14.0. The minimum Gasteiger partial charge on any atom is -0.497 e. The topological polar surface area (TPSA) is 78.9 Å². The predicted molar refractivity (Wildman–Crippen MR) is 160 cm³/mol. The van der Waals surface area contributed by atoms with Gasteiger partial charge in [0.05, 0.1) is 36.8 Å². The van der Waals surface area contributed by atoms with E-state index in [2.05, 4.69) is 5.32 Å². The summed E-state index contributed by atoms with van der Waals surface area (Å²) in [6.07, 6.45) is -9.71. The molecule has 0 unspecified atom stereocenters. The molecule has 1 heterocycles. The Morgan fingerprint density at radius 3 is 2.00 bits per heavy atom. The summed E-state index contributed by atoms with van der Waals surface area (Å²) in [5.74, 6) is -1.56. The van der Waals surface area contributed by atoms with Crippen LogP contribution in [0.25, 0.3) is 0 Å². The van der Waals surface area contributed by atoms with Crippen LogP contribution in [-0.2, 0) is 36.7 Å². The number of nitrogens with one attached hydrogen (secondary N) is 1. The molecule has 0 fully saturated rings. The second kappa shape index (κ2) is 13.5. The molecule has 0 spiro atoms. The highest BCUT2D eigenvalue weighted by molar-refractivity contribution is 6.01. The van der Waals surface area contributed by atoms with Crippen LogP contribution in [0.5, 0.6) is 5.75 Å². The van der Waals surface area contributed by atoms with Gasteiger partial charge in [0.25, 0.3) is 5.91 Å². The Hall–Kier alpha value is -4.84. The van der Waals surface area contributed by atoms with Gasteiger partial charge in [-0.1, -0.05) is 54.6 Å². The van der Waals surface area contributed by atoms with Gasteiger partial charge in [-0.15, -0.1) is 0 Å². The molecule has 2 amide bonds. The fraction of sp³-hybridized carbons (Fsp3) is 0.257. The van der Waals surface area contributed by atoms with E-state index in [-0.39, 0.29) is 24.8 Å². The Morgan fingerprint density at radius 1 is 0.830 bits per heavy atom. The smallest absolute Gasteiger partial charge is 0.416 e. The molecule has 1 aliphatic heterocycles. The number of fused-ring (bicyclic) bond motifs is 1. The van der Waals surface area contributed by atoms with E-state index in [4.69, 9.17) is 4.74 Å². The van der Waals surface area contributed by atoms with Crippen molar-refractivity contribution in [3.8, 4) is 5.75 Å². The van der Waals surface area contributed by atoms with E-state index in [0.717, 1.165) is 10.5 Å². The molecule has 5 rings (SSSR count). The van der Waals surface area contributed by atoms with E-state index in [9.17, 15) is 41.0 Å². The van der Waals surface area contributed by atoms with E-state index in [1.807, 2.05) is 12.1 Å². The van der Waals surface area contributed by atoms with Crippen LogP contribution in [0.4, 0.5) is 26.3 Å². The summed E-state index contributed by atoms with van der Waals surface area (Å²) in [6, 6.07) is 19.9. The zero-order chi connectivity index (χ0) is 33.9. The number of benzene rings is 4. The number of aliphatic hydroxyl groups excluding tert-OH is 1. The van der Waals surface area contributed by atoms with Crippen molar-refractivity contribution in [2.45, 2.75) is 43.9 Å². The van der Waals surface area contributed by atoms with Crippen molar-refractivity contribution >= 4 is 11.8 Å². The predicted octanol–water partition coefficient (Wildman–Crippen LogP) is 7.06. The maximum Gasteiger partial charge on any atom is 0.416 e. The molecule has 1 aliphatic rings. The number of rotatable bonds is 9. The Labute approximate surface area is 266 Å². The van der Waals surface area contributed by atoms with Gasteiger partial charge in [-0.05, 0) is 70.6 Å². The van der Waals surface area contributed by atoms with E-state index in [1.165, 1.54) is 6.07 Å². The van der Waals surface area contributed by atoms with Gasteiger partial charge < -0.3 is 20.1 Å². The Balaban J connectivity index is 1.57. The first-order valence-corrected chi connectivity index (χ1v) is 14.6. The first kappa shape index (κ1) is 33.5. The second-order valence-electron chi connectivity index (χ2n) is 11.1. The number of amides is 2. The summed E-state index contributed by atoms with van der Waals surface area (Å²) >= 11 is 0. The van der Waals surface area contributed by atoms with Crippen molar-refractivity contribution in [1.29, 1.82) is 0 Å². The number of ether oxygens (including phenoxy) is 1. The molecule has 0 aliphatic carbocycles. The van der Waals surface area contributed by atoms with Crippen molar-refractivity contribution < 1.29 is 45.8 Å². The monoisotopic (exact) mass is 656 g/mol. The Bertz CT molecular complexity index is 1700. The molecular weight excluding hydrogens is 626 g/mol. The number of nitrogens with zero attached hydrogens (tertiary/aromatic N) is 1. The summed E-state index contributed by atoms with van der Waals surface area (Å²) in [4.78, 5) is 29.2.